The average Bonchev–Trinajstić information content (AvgIpc) is 3.49. The van der Waals surface area contributed by atoms with Crippen molar-refractivity contribution in [2.45, 2.75) is 31.3 Å². The fraction of sp³-hybridized carbons (Fsp3) is 0.381. The van der Waals surface area contributed by atoms with Crippen LogP contribution in [0.1, 0.15) is 30.0 Å². The molecule has 0 spiro atoms. The van der Waals surface area contributed by atoms with E-state index in [9.17, 15) is 4.79 Å². The normalized spacial score (nSPS) is 14.5. The second-order valence-electron chi connectivity index (χ2n) is 6.52. The summed E-state index contributed by atoms with van der Waals surface area (Å²) < 4.78 is 10.6. The predicted molar refractivity (Wildman–Crippen MR) is 102 cm³/mol. The molecule has 0 heterocycles. The molecule has 26 heavy (non-hydrogen) atoms. The molecular weight excluding hydrogens is 328 g/mol. The maximum atomic E-state index is 12.6. The number of carbonyl (C=O) groups excluding carboxylic acids is 1. The first-order valence-electron chi connectivity index (χ1n) is 9.01. The van der Waals surface area contributed by atoms with Gasteiger partial charge in [-0.3, -0.25) is 4.79 Å². The van der Waals surface area contributed by atoms with Crippen LogP contribution in [0.3, 0.4) is 0 Å². The minimum absolute atomic E-state index is 0.0472. The molecule has 1 amide bonds. The quantitative estimate of drug-likeness (QED) is 0.727. The molecule has 1 aliphatic rings. The molecule has 5 heteroatoms. The van der Waals surface area contributed by atoms with E-state index in [0.29, 0.717) is 12.6 Å². The lowest BCUT2D eigenvalue weighted by molar-refractivity contribution is -0.123. The molecule has 0 saturated heterocycles. The van der Waals surface area contributed by atoms with Crippen molar-refractivity contribution in [3.8, 4) is 11.5 Å². The van der Waals surface area contributed by atoms with Crippen LogP contribution in [0.5, 0.6) is 11.5 Å². The third-order valence-corrected chi connectivity index (χ3v) is 4.53. The summed E-state index contributed by atoms with van der Waals surface area (Å²) in [6, 6.07) is 15.8. The van der Waals surface area contributed by atoms with Crippen LogP contribution in [-0.4, -0.2) is 32.7 Å². The van der Waals surface area contributed by atoms with E-state index >= 15 is 0 Å². The Kier molecular flexibility index (Phi) is 6.12. The van der Waals surface area contributed by atoms with Gasteiger partial charge in [0.2, 0.25) is 5.91 Å². The van der Waals surface area contributed by atoms with Crippen LogP contribution in [0.15, 0.2) is 48.5 Å². The van der Waals surface area contributed by atoms with Crippen LogP contribution in [-0.2, 0) is 11.2 Å². The summed E-state index contributed by atoms with van der Waals surface area (Å²) in [6.07, 6.45) is 2.96. The van der Waals surface area contributed by atoms with Crippen LogP contribution < -0.4 is 20.1 Å². The van der Waals surface area contributed by atoms with Crippen molar-refractivity contribution in [1.29, 1.82) is 0 Å². The second kappa shape index (κ2) is 8.72. The second-order valence-corrected chi connectivity index (χ2v) is 6.52. The highest BCUT2D eigenvalue weighted by molar-refractivity contribution is 5.83. The third-order valence-electron chi connectivity index (χ3n) is 4.53. The minimum Gasteiger partial charge on any atom is -0.493 e. The zero-order valence-corrected chi connectivity index (χ0v) is 15.3. The lowest BCUT2D eigenvalue weighted by Crippen LogP contribution is -2.39. The summed E-state index contributed by atoms with van der Waals surface area (Å²) in [5.41, 5.74) is 2.11. The topological polar surface area (TPSA) is 59.6 Å². The molecule has 0 unspecified atom stereocenters. The molecule has 1 atom stereocenters. The lowest BCUT2D eigenvalue weighted by Gasteiger charge is -2.19. The first-order chi connectivity index (χ1) is 12.7. The number of carbonyl (C=O) groups is 1. The Morgan fingerprint density at radius 1 is 1.08 bits per heavy atom. The van der Waals surface area contributed by atoms with Gasteiger partial charge in [-0.1, -0.05) is 36.4 Å². The van der Waals surface area contributed by atoms with E-state index in [1.54, 1.807) is 14.2 Å². The lowest BCUT2D eigenvalue weighted by atomic mass is 10.1. The number of amides is 1. The minimum atomic E-state index is -0.336. The number of hydrogen-bond acceptors (Lipinski definition) is 4. The molecule has 0 bridgehead atoms. The Balaban J connectivity index is 1.63. The maximum absolute atomic E-state index is 12.6. The Labute approximate surface area is 154 Å². The van der Waals surface area contributed by atoms with Crippen molar-refractivity contribution in [2.75, 3.05) is 20.8 Å². The van der Waals surface area contributed by atoms with Crippen LogP contribution in [0, 0.1) is 0 Å². The summed E-state index contributed by atoms with van der Waals surface area (Å²) in [7, 11) is 3.26. The monoisotopic (exact) mass is 354 g/mol. The number of hydrogen-bond donors (Lipinski definition) is 2. The van der Waals surface area contributed by atoms with Crippen molar-refractivity contribution < 1.29 is 14.3 Å². The van der Waals surface area contributed by atoms with Gasteiger partial charge >= 0.3 is 0 Å². The molecule has 1 saturated carbocycles. The van der Waals surface area contributed by atoms with Crippen LogP contribution in [0.4, 0.5) is 0 Å². The van der Waals surface area contributed by atoms with E-state index in [1.165, 1.54) is 0 Å². The molecule has 0 aliphatic heterocycles. The third kappa shape index (κ3) is 4.76. The van der Waals surface area contributed by atoms with E-state index in [-0.39, 0.29) is 11.9 Å². The molecule has 3 rings (SSSR count). The number of methoxy groups -OCH3 is 2. The van der Waals surface area contributed by atoms with E-state index in [4.69, 9.17) is 9.47 Å². The first kappa shape index (κ1) is 18.3. The molecule has 138 valence electrons. The van der Waals surface area contributed by atoms with Gasteiger partial charge in [0.1, 0.15) is 6.04 Å². The number of nitrogens with one attached hydrogen (secondary N) is 2. The van der Waals surface area contributed by atoms with Crippen molar-refractivity contribution >= 4 is 5.91 Å². The Morgan fingerprint density at radius 2 is 1.81 bits per heavy atom. The van der Waals surface area contributed by atoms with Gasteiger partial charge in [0.25, 0.3) is 0 Å². The summed E-state index contributed by atoms with van der Waals surface area (Å²) in [5.74, 6) is 1.48. The maximum Gasteiger partial charge on any atom is 0.241 e. The number of benzene rings is 2. The molecule has 2 aromatic carbocycles. The summed E-state index contributed by atoms with van der Waals surface area (Å²) >= 11 is 0. The van der Waals surface area contributed by atoms with Crippen LogP contribution >= 0.6 is 0 Å². The first-order valence-corrected chi connectivity index (χ1v) is 9.01. The molecule has 0 radical (unpaired) electrons. The molecule has 0 aromatic heterocycles. The number of rotatable bonds is 9. The van der Waals surface area contributed by atoms with Gasteiger partial charge in [-0.25, -0.2) is 0 Å². The van der Waals surface area contributed by atoms with E-state index in [2.05, 4.69) is 10.6 Å². The number of ether oxygens (including phenoxy) is 2. The smallest absolute Gasteiger partial charge is 0.241 e. The molecule has 5 nitrogen and oxygen atoms in total. The average molecular weight is 354 g/mol. The standard InChI is InChI=1S/C21H26N2O3/c1-25-18-11-8-15(14-19(18)26-2)12-13-22-20(16-6-4-3-5-7-16)21(24)23-17-9-10-17/h3-8,11,14,17,20,22H,9-10,12-13H2,1-2H3,(H,23,24)/t20-/m1/s1. The van der Waals surface area contributed by atoms with Crippen molar-refractivity contribution in [3.05, 3.63) is 59.7 Å². The SMILES string of the molecule is COc1ccc(CCN[C@@H](C(=O)NC2CC2)c2ccccc2)cc1OC. The molecular formula is C21H26N2O3. The highest BCUT2D eigenvalue weighted by Gasteiger charge is 2.28. The van der Waals surface area contributed by atoms with Crippen LogP contribution in [0.25, 0.3) is 0 Å². The highest BCUT2D eigenvalue weighted by Crippen LogP contribution is 2.27. The van der Waals surface area contributed by atoms with Gasteiger partial charge in [0, 0.05) is 12.6 Å². The Morgan fingerprint density at radius 3 is 2.46 bits per heavy atom. The molecule has 2 N–H and O–H groups in total. The van der Waals surface area contributed by atoms with Gasteiger partial charge in [-0.05, 0) is 42.5 Å². The fourth-order valence-electron chi connectivity index (χ4n) is 2.92. The Bertz CT molecular complexity index is 729. The van der Waals surface area contributed by atoms with Gasteiger partial charge in [0.05, 0.1) is 14.2 Å². The zero-order chi connectivity index (χ0) is 18.4. The zero-order valence-electron chi connectivity index (χ0n) is 15.3. The largest absolute Gasteiger partial charge is 0.493 e. The summed E-state index contributed by atoms with van der Waals surface area (Å²) in [6.45, 7) is 0.688. The fourth-order valence-corrected chi connectivity index (χ4v) is 2.92. The van der Waals surface area contributed by atoms with Gasteiger partial charge in [-0.2, -0.15) is 0 Å². The van der Waals surface area contributed by atoms with E-state index < -0.39 is 0 Å². The van der Waals surface area contributed by atoms with E-state index in [0.717, 1.165) is 41.9 Å². The molecule has 1 fully saturated rings. The van der Waals surface area contributed by atoms with E-state index in [1.807, 2.05) is 48.5 Å². The van der Waals surface area contributed by atoms with Crippen molar-refractivity contribution in [1.82, 2.24) is 10.6 Å². The van der Waals surface area contributed by atoms with Crippen molar-refractivity contribution in [3.63, 3.8) is 0 Å². The van der Waals surface area contributed by atoms with Crippen molar-refractivity contribution in [2.24, 2.45) is 0 Å². The van der Waals surface area contributed by atoms with Gasteiger partial charge < -0.3 is 20.1 Å². The van der Waals surface area contributed by atoms with Crippen LogP contribution in [0.2, 0.25) is 0 Å². The predicted octanol–water partition coefficient (Wildman–Crippen LogP) is 2.86. The van der Waals surface area contributed by atoms with Gasteiger partial charge in [-0.15, -0.1) is 0 Å². The molecule has 1 aliphatic carbocycles. The summed E-state index contributed by atoms with van der Waals surface area (Å²) in [5, 5.41) is 6.50. The molecule has 2 aromatic rings. The van der Waals surface area contributed by atoms with Gasteiger partial charge in [0.15, 0.2) is 11.5 Å². The summed E-state index contributed by atoms with van der Waals surface area (Å²) in [4.78, 5) is 12.6. The Hall–Kier alpha value is -2.53. The highest BCUT2D eigenvalue weighted by atomic mass is 16.5.